The highest BCUT2D eigenvalue weighted by Gasteiger charge is 2.31. The summed E-state index contributed by atoms with van der Waals surface area (Å²) in [7, 11) is 1.40. The summed E-state index contributed by atoms with van der Waals surface area (Å²) in [6.07, 6.45) is 0.226. The van der Waals surface area contributed by atoms with Crippen LogP contribution in [0.1, 0.15) is 22.5 Å². The Bertz CT molecular complexity index is 1380. The zero-order valence-corrected chi connectivity index (χ0v) is 21.9. The van der Waals surface area contributed by atoms with E-state index in [1.165, 1.54) is 24.9 Å². The van der Waals surface area contributed by atoms with Crippen LogP contribution >= 0.6 is 24.2 Å². The van der Waals surface area contributed by atoms with Crippen LogP contribution in [0.4, 0.5) is 19.0 Å². The summed E-state index contributed by atoms with van der Waals surface area (Å²) in [6.45, 7) is 0.884. The summed E-state index contributed by atoms with van der Waals surface area (Å²) in [5.74, 6) is -1.01. The minimum absolute atomic E-state index is 0. The Morgan fingerprint density at radius 2 is 2.11 bits per heavy atom. The number of ether oxygens (including phenoxy) is 1. The molecular formula is C25H25ClF3N5O3S. The maximum absolute atomic E-state index is 15.0. The fourth-order valence-electron chi connectivity index (χ4n) is 4.57. The number of carbonyl (C=O) groups excluding carboxylic acids is 2. The Hall–Kier alpha value is -3.09. The van der Waals surface area contributed by atoms with Crippen molar-refractivity contribution in [1.29, 1.82) is 0 Å². The van der Waals surface area contributed by atoms with E-state index in [9.17, 15) is 18.4 Å². The Morgan fingerprint density at radius 1 is 1.29 bits per heavy atom. The van der Waals surface area contributed by atoms with Gasteiger partial charge in [0.15, 0.2) is 5.82 Å². The molecule has 2 atom stereocenters. The molecule has 13 heteroatoms. The Labute approximate surface area is 227 Å². The first-order valence-electron chi connectivity index (χ1n) is 11.7. The van der Waals surface area contributed by atoms with E-state index < -0.39 is 29.8 Å². The van der Waals surface area contributed by atoms with Gasteiger partial charge in [0.25, 0.3) is 5.91 Å². The minimum atomic E-state index is -1.35. The number of anilines is 1. The SMILES string of the molecule is COc1cc(F)c2ncc(F)c(CCN3CC[C@H](NC(=O)c4ccc5c(n4)NC(=O)CS5)[C@H](F)C3)c2c1.Cl. The average Bonchev–Trinajstić information content (AvgIpc) is 2.88. The number of piperidine rings is 1. The van der Waals surface area contributed by atoms with Gasteiger partial charge >= 0.3 is 0 Å². The van der Waals surface area contributed by atoms with Gasteiger partial charge in [-0.1, -0.05) is 0 Å². The van der Waals surface area contributed by atoms with E-state index in [0.29, 0.717) is 30.7 Å². The molecule has 2 aromatic heterocycles. The third kappa shape index (κ3) is 5.82. The third-order valence-electron chi connectivity index (χ3n) is 6.52. The monoisotopic (exact) mass is 567 g/mol. The van der Waals surface area contributed by atoms with Crippen molar-refractivity contribution in [2.75, 3.05) is 37.8 Å². The number of fused-ring (bicyclic) bond motifs is 2. The van der Waals surface area contributed by atoms with Crippen molar-refractivity contribution in [2.24, 2.45) is 0 Å². The number of halogens is 4. The first-order chi connectivity index (χ1) is 17.8. The third-order valence-corrected chi connectivity index (χ3v) is 7.57. The van der Waals surface area contributed by atoms with Crippen LogP contribution < -0.4 is 15.4 Å². The van der Waals surface area contributed by atoms with Gasteiger partial charge in [0.2, 0.25) is 5.91 Å². The number of methoxy groups -OCH3 is 1. The Kier molecular flexibility index (Phi) is 8.64. The van der Waals surface area contributed by atoms with Crippen LogP contribution in [0, 0.1) is 11.6 Å². The lowest BCUT2D eigenvalue weighted by Gasteiger charge is -2.35. The van der Waals surface area contributed by atoms with E-state index in [1.54, 1.807) is 18.2 Å². The van der Waals surface area contributed by atoms with Gasteiger partial charge in [0, 0.05) is 36.7 Å². The number of nitrogens with zero attached hydrogens (tertiary/aromatic N) is 3. The van der Waals surface area contributed by atoms with Crippen molar-refractivity contribution in [1.82, 2.24) is 20.2 Å². The first-order valence-corrected chi connectivity index (χ1v) is 12.7. The zero-order chi connectivity index (χ0) is 26.1. The molecule has 202 valence electrons. The number of benzene rings is 1. The molecule has 0 aliphatic carbocycles. The topological polar surface area (TPSA) is 96.4 Å². The zero-order valence-electron chi connectivity index (χ0n) is 20.3. The number of rotatable bonds is 6. The van der Waals surface area contributed by atoms with E-state index >= 15 is 4.39 Å². The number of hydrogen-bond donors (Lipinski definition) is 2. The number of nitrogens with one attached hydrogen (secondary N) is 2. The van der Waals surface area contributed by atoms with Gasteiger partial charge in [-0.15, -0.1) is 24.2 Å². The second-order valence-electron chi connectivity index (χ2n) is 8.91. The van der Waals surface area contributed by atoms with Crippen molar-refractivity contribution in [3.05, 3.63) is 53.4 Å². The minimum Gasteiger partial charge on any atom is -0.497 e. The lowest BCUT2D eigenvalue weighted by Crippen LogP contribution is -2.52. The van der Waals surface area contributed by atoms with Gasteiger partial charge < -0.3 is 15.4 Å². The second-order valence-corrected chi connectivity index (χ2v) is 9.92. The normalized spacial score (nSPS) is 19.3. The van der Waals surface area contributed by atoms with Gasteiger partial charge in [0.1, 0.15) is 34.8 Å². The van der Waals surface area contributed by atoms with Gasteiger partial charge in [-0.05, 0) is 31.0 Å². The fourth-order valence-corrected chi connectivity index (χ4v) is 5.33. The van der Waals surface area contributed by atoms with E-state index in [-0.39, 0.29) is 59.6 Å². The number of hydrogen-bond acceptors (Lipinski definition) is 7. The molecule has 3 aromatic rings. The molecule has 2 aliphatic rings. The first kappa shape index (κ1) is 27.9. The fraction of sp³-hybridized carbons (Fsp3) is 0.360. The lowest BCUT2D eigenvalue weighted by molar-refractivity contribution is -0.113. The van der Waals surface area contributed by atoms with Gasteiger partial charge in [-0.2, -0.15) is 0 Å². The molecule has 1 fully saturated rings. The standard InChI is InChI=1S/C25H24F3N5O3S.ClH/c1-36-13-8-15-14(17(27)10-29-23(15)16(26)9-13)4-6-33-7-5-19(18(28)11-33)31-25(35)20-2-3-21-24(30-20)32-22(34)12-37-21;/h2-3,8-10,18-19H,4-7,11-12H2,1H3,(H,31,35)(H,30,32,34);1H/t18-,19+;/m1./s1. The van der Waals surface area contributed by atoms with Gasteiger partial charge in [-0.3, -0.25) is 19.5 Å². The van der Waals surface area contributed by atoms with E-state index in [4.69, 9.17) is 4.74 Å². The molecule has 4 heterocycles. The molecule has 5 rings (SSSR count). The molecule has 0 bridgehead atoms. The number of likely N-dealkylation sites (tertiary alicyclic amines) is 1. The van der Waals surface area contributed by atoms with Crippen LogP contribution in [0.5, 0.6) is 5.75 Å². The molecule has 0 radical (unpaired) electrons. The van der Waals surface area contributed by atoms with Crippen LogP contribution in [0.15, 0.2) is 35.4 Å². The summed E-state index contributed by atoms with van der Waals surface area (Å²) in [6, 6.07) is 5.29. The molecule has 0 saturated carbocycles. The molecule has 8 nitrogen and oxygen atoms in total. The smallest absolute Gasteiger partial charge is 0.270 e. The van der Waals surface area contributed by atoms with Crippen LogP contribution in [-0.4, -0.2) is 71.4 Å². The van der Waals surface area contributed by atoms with E-state index in [1.807, 2.05) is 4.90 Å². The summed E-state index contributed by atoms with van der Waals surface area (Å²) in [4.78, 5) is 35.0. The van der Waals surface area contributed by atoms with Crippen LogP contribution in [0.3, 0.4) is 0 Å². The average molecular weight is 568 g/mol. The van der Waals surface area contributed by atoms with E-state index in [0.717, 1.165) is 11.1 Å². The van der Waals surface area contributed by atoms with Gasteiger partial charge in [-0.25, -0.2) is 18.2 Å². The maximum Gasteiger partial charge on any atom is 0.270 e. The van der Waals surface area contributed by atoms with Crippen molar-refractivity contribution in [2.45, 2.75) is 30.0 Å². The molecule has 2 aliphatic heterocycles. The lowest BCUT2D eigenvalue weighted by atomic mass is 10.0. The van der Waals surface area contributed by atoms with Crippen LogP contribution in [-0.2, 0) is 11.2 Å². The predicted molar refractivity (Wildman–Crippen MR) is 140 cm³/mol. The molecule has 0 spiro atoms. The van der Waals surface area contributed by atoms with Crippen molar-refractivity contribution in [3.63, 3.8) is 0 Å². The quantitative estimate of drug-likeness (QED) is 0.468. The largest absolute Gasteiger partial charge is 0.497 e. The van der Waals surface area contributed by atoms with Gasteiger partial charge in [0.05, 0.1) is 30.0 Å². The van der Waals surface area contributed by atoms with Crippen molar-refractivity contribution in [3.8, 4) is 5.75 Å². The second kappa shape index (κ2) is 11.7. The molecular weight excluding hydrogens is 543 g/mol. The summed E-state index contributed by atoms with van der Waals surface area (Å²) < 4.78 is 49.1. The molecule has 1 saturated heterocycles. The Balaban J connectivity index is 0.00000336. The summed E-state index contributed by atoms with van der Waals surface area (Å²) in [5, 5.41) is 5.66. The highest BCUT2D eigenvalue weighted by molar-refractivity contribution is 8.00. The number of thioether (sulfide) groups is 1. The predicted octanol–water partition coefficient (Wildman–Crippen LogP) is 3.77. The molecule has 0 unspecified atom stereocenters. The van der Waals surface area contributed by atoms with Crippen molar-refractivity contribution >= 4 is 52.7 Å². The van der Waals surface area contributed by atoms with Crippen LogP contribution in [0.25, 0.3) is 10.9 Å². The van der Waals surface area contributed by atoms with Crippen LogP contribution in [0.2, 0.25) is 0 Å². The summed E-state index contributed by atoms with van der Waals surface area (Å²) in [5.41, 5.74) is 0.437. The van der Waals surface area contributed by atoms with Crippen molar-refractivity contribution < 1.29 is 27.5 Å². The number of carbonyl (C=O) groups is 2. The molecule has 38 heavy (non-hydrogen) atoms. The Morgan fingerprint density at radius 3 is 2.87 bits per heavy atom. The number of pyridine rings is 2. The number of aromatic nitrogens is 2. The summed E-state index contributed by atoms with van der Waals surface area (Å²) >= 11 is 1.34. The highest BCUT2D eigenvalue weighted by atomic mass is 35.5. The molecule has 2 amide bonds. The highest BCUT2D eigenvalue weighted by Crippen LogP contribution is 2.30. The number of amides is 2. The number of alkyl halides is 1. The maximum atomic E-state index is 15.0. The molecule has 1 aromatic carbocycles. The van der Waals surface area contributed by atoms with E-state index in [2.05, 4.69) is 20.6 Å². The molecule has 2 N–H and O–H groups in total.